The van der Waals surface area contributed by atoms with Gasteiger partial charge < -0.3 is 4.74 Å². The van der Waals surface area contributed by atoms with Gasteiger partial charge in [0.2, 0.25) is 0 Å². The van der Waals surface area contributed by atoms with Crippen molar-refractivity contribution in [2.45, 2.75) is 26.9 Å². The fourth-order valence-electron chi connectivity index (χ4n) is 2.23. The number of ether oxygens (including phenoxy) is 1. The van der Waals surface area contributed by atoms with Gasteiger partial charge in [0, 0.05) is 5.41 Å². The van der Waals surface area contributed by atoms with Crippen molar-refractivity contribution in [2.24, 2.45) is 10.8 Å². The van der Waals surface area contributed by atoms with Crippen molar-refractivity contribution in [2.75, 3.05) is 6.61 Å². The lowest BCUT2D eigenvalue weighted by Crippen LogP contribution is -2.40. The summed E-state index contributed by atoms with van der Waals surface area (Å²) in [6.07, 6.45) is 0.919. The third-order valence-electron chi connectivity index (χ3n) is 3.87. The van der Waals surface area contributed by atoms with Crippen LogP contribution in [0.15, 0.2) is 43.0 Å². The Hall–Kier alpha value is -2.54. The molecule has 112 valence electrons. The SMILES string of the molecule is C=CC(C)(C)C(C#N)(C#N)C(OCC#CC)c1ccccc1. The molecule has 0 amide bonds. The summed E-state index contributed by atoms with van der Waals surface area (Å²) in [7, 11) is 0. The molecule has 0 N–H and O–H groups in total. The van der Waals surface area contributed by atoms with E-state index >= 15 is 0 Å². The zero-order chi connectivity index (χ0) is 16.6. The molecule has 1 aromatic rings. The molecule has 3 nitrogen and oxygen atoms in total. The molecule has 0 aliphatic heterocycles. The van der Waals surface area contributed by atoms with E-state index in [9.17, 15) is 10.5 Å². The zero-order valence-electron chi connectivity index (χ0n) is 13.3. The average Bonchev–Trinajstić information content (AvgIpc) is 2.55. The molecule has 0 aliphatic rings. The van der Waals surface area contributed by atoms with Crippen molar-refractivity contribution < 1.29 is 4.74 Å². The smallest absolute Gasteiger partial charge is 0.182 e. The molecule has 0 radical (unpaired) electrons. The molecule has 0 saturated carbocycles. The summed E-state index contributed by atoms with van der Waals surface area (Å²) in [5.41, 5.74) is -1.37. The Balaban J connectivity index is 3.45. The van der Waals surface area contributed by atoms with E-state index in [-0.39, 0.29) is 6.61 Å². The summed E-state index contributed by atoms with van der Waals surface area (Å²) in [5.74, 6) is 5.58. The van der Waals surface area contributed by atoms with Gasteiger partial charge in [0.15, 0.2) is 5.41 Å². The second-order valence-corrected chi connectivity index (χ2v) is 5.49. The first-order valence-corrected chi connectivity index (χ1v) is 7.01. The van der Waals surface area contributed by atoms with Gasteiger partial charge in [-0.2, -0.15) is 10.5 Å². The van der Waals surface area contributed by atoms with Crippen molar-refractivity contribution >= 4 is 0 Å². The van der Waals surface area contributed by atoms with Gasteiger partial charge in [-0.05, 0) is 12.5 Å². The van der Waals surface area contributed by atoms with Gasteiger partial charge in [0.1, 0.15) is 12.7 Å². The monoisotopic (exact) mass is 292 g/mol. The Bertz CT molecular complexity index is 637. The summed E-state index contributed by atoms with van der Waals surface area (Å²) in [6, 6.07) is 13.7. The minimum Gasteiger partial charge on any atom is -0.358 e. The Morgan fingerprint density at radius 2 is 1.82 bits per heavy atom. The molecule has 0 aromatic heterocycles. The van der Waals surface area contributed by atoms with E-state index in [2.05, 4.69) is 30.6 Å². The fourth-order valence-corrected chi connectivity index (χ4v) is 2.23. The largest absolute Gasteiger partial charge is 0.358 e. The van der Waals surface area contributed by atoms with E-state index in [1.165, 1.54) is 0 Å². The maximum absolute atomic E-state index is 9.80. The highest BCUT2D eigenvalue weighted by atomic mass is 16.5. The molecular formula is C19H20N2O. The van der Waals surface area contributed by atoms with Crippen LogP contribution in [0.5, 0.6) is 0 Å². The molecule has 0 aliphatic carbocycles. The second-order valence-electron chi connectivity index (χ2n) is 5.49. The molecule has 0 saturated heterocycles. The van der Waals surface area contributed by atoms with Crippen LogP contribution in [0.25, 0.3) is 0 Å². The van der Waals surface area contributed by atoms with Gasteiger partial charge in [-0.25, -0.2) is 0 Å². The number of nitrogens with zero attached hydrogens (tertiary/aromatic N) is 2. The zero-order valence-corrected chi connectivity index (χ0v) is 13.3. The Kier molecular flexibility index (Phi) is 5.94. The highest BCUT2D eigenvalue weighted by Crippen LogP contribution is 2.50. The predicted molar refractivity (Wildman–Crippen MR) is 86.2 cm³/mol. The van der Waals surface area contributed by atoms with Gasteiger partial charge >= 0.3 is 0 Å². The third kappa shape index (κ3) is 3.20. The molecule has 0 spiro atoms. The second kappa shape index (κ2) is 7.46. The van der Waals surface area contributed by atoms with E-state index in [1.54, 1.807) is 13.0 Å². The number of benzene rings is 1. The highest BCUT2D eigenvalue weighted by molar-refractivity contribution is 5.33. The minimum atomic E-state index is -1.40. The van der Waals surface area contributed by atoms with Crippen molar-refractivity contribution in [3.8, 4) is 24.0 Å². The lowest BCUT2D eigenvalue weighted by molar-refractivity contribution is -0.0149. The molecule has 1 atom stereocenters. The number of allylic oxidation sites excluding steroid dienone is 1. The molecule has 1 aromatic carbocycles. The maximum atomic E-state index is 9.80. The van der Waals surface area contributed by atoms with Crippen LogP contribution >= 0.6 is 0 Å². The Morgan fingerprint density at radius 3 is 2.27 bits per heavy atom. The average molecular weight is 292 g/mol. The molecular weight excluding hydrogens is 272 g/mol. The van der Waals surface area contributed by atoms with E-state index in [4.69, 9.17) is 4.74 Å². The van der Waals surface area contributed by atoms with Gasteiger partial charge in [0.05, 0.1) is 12.1 Å². The fraction of sp³-hybridized carbons (Fsp3) is 0.368. The number of hydrogen-bond donors (Lipinski definition) is 0. The van der Waals surface area contributed by atoms with Crippen LogP contribution in [0.1, 0.15) is 32.4 Å². The summed E-state index contributed by atoms with van der Waals surface area (Å²) in [4.78, 5) is 0. The van der Waals surface area contributed by atoms with Gasteiger partial charge in [-0.1, -0.05) is 56.2 Å². The summed E-state index contributed by atoms with van der Waals surface area (Å²) < 4.78 is 5.84. The van der Waals surface area contributed by atoms with Crippen molar-refractivity contribution in [3.63, 3.8) is 0 Å². The number of rotatable bonds is 6. The molecule has 0 fully saturated rings. The van der Waals surface area contributed by atoms with E-state index in [1.807, 2.05) is 44.2 Å². The van der Waals surface area contributed by atoms with Crippen LogP contribution in [0.4, 0.5) is 0 Å². The first-order valence-electron chi connectivity index (χ1n) is 7.01. The number of hydrogen-bond acceptors (Lipinski definition) is 3. The van der Waals surface area contributed by atoms with E-state index in [0.29, 0.717) is 0 Å². The summed E-state index contributed by atoms with van der Waals surface area (Å²) in [6.45, 7) is 9.29. The molecule has 0 heterocycles. The van der Waals surface area contributed by atoms with Gasteiger partial charge in [0.25, 0.3) is 0 Å². The standard InChI is InChI=1S/C19H20N2O/c1-5-7-13-22-17(16-11-9-8-10-12-16)19(14-20,15-21)18(3,4)6-2/h6,8-12,17H,2,13H2,1,3-4H3. The quantitative estimate of drug-likeness (QED) is 0.588. The lowest BCUT2D eigenvalue weighted by atomic mass is 9.62. The van der Waals surface area contributed by atoms with E-state index < -0.39 is 16.9 Å². The lowest BCUT2D eigenvalue weighted by Gasteiger charge is -2.39. The minimum absolute atomic E-state index is 0.161. The number of nitriles is 2. The third-order valence-corrected chi connectivity index (χ3v) is 3.87. The van der Waals surface area contributed by atoms with Crippen LogP contribution in [0.2, 0.25) is 0 Å². The van der Waals surface area contributed by atoms with Crippen molar-refractivity contribution in [1.29, 1.82) is 10.5 Å². The molecule has 0 bridgehead atoms. The summed E-state index contributed by atoms with van der Waals surface area (Å²) in [5, 5.41) is 19.6. The van der Waals surface area contributed by atoms with Crippen LogP contribution in [-0.2, 0) is 4.74 Å². The van der Waals surface area contributed by atoms with E-state index in [0.717, 1.165) is 5.56 Å². The molecule has 22 heavy (non-hydrogen) atoms. The van der Waals surface area contributed by atoms with Gasteiger partial charge in [-0.3, -0.25) is 0 Å². The molecule has 1 unspecified atom stereocenters. The normalized spacial score (nSPS) is 12.2. The first kappa shape index (κ1) is 17.5. The van der Waals surface area contributed by atoms with Crippen LogP contribution in [0, 0.1) is 45.3 Å². The van der Waals surface area contributed by atoms with Crippen LogP contribution < -0.4 is 0 Å². The van der Waals surface area contributed by atoms with Crippen LogP contribution in [0.3, 0.4) is 0 Å². The predicted octanol–water partition coefficient (Wildman–Crippen LogP) is 4.01. The highest BCUT2D eigenvalue weighted by Gasteiger charge is 2.52. The first-order chi connectivity index (χ1) is 10.5. The van der Waals surface area contributed by atoms with Crippen LogP contribution in [-0.4, -0.2) is 6.61 Å². The Morgan fingerprint density at radius 1 is 1.23 bits per heavy atom. The maximum Gasteiger partial charge on any atom is 0.182 e. The molecule has 3 heteroatoms. The summed E-state index contributed by atoms with van der Waals surface area (Å²) >= 11 is 0. The van der Waals surface area contributed by atoms with Crippen molar-refractivity contribution in [3.05, 3.63) is 48.6 Å². The van der Waals surface area contributed by atoms with Crippen molar-refractivity contribution in [1.82, 2.24) is 0 Å². The van der Waals surface area contributed by atoms with Gasteiger partial charge in [-0.15, -0.1) is 12.5 Å². The topological polar surface area (TPSA) is 56.8 Å². The Labute approximate surface area is 132 Å². The molecule has 1 rings (SSSR count).